The molecule has 2 aromatic rings. The van der Waals surface area contributed by atoms with E-state index in [1.54, 1.807) is 19.0 Å². The molecule has 1 aliphatic heterocycles. The van der Waals surface area contributed by atoms with Crippen LogP contribution in [0, 0.1) is 11.6 Å². The summed E-state index contributed by atoms with van der Waals surface area (Å²) in [7, 11) is 3.11. The summed E-state index contributed by atoms with van der Waals surface area (Å²) in [5, 5.41) is 11.5. The van der Waals surface area contributed by atoms with Crippen molar-refractivity contribution in [2.75, 3.05) is 20.7 Å². The first-order valence-corrected chi connectivity index (χ1v) is 11.0. The lowest BCUT2D eigenvalue weighted by Gasteiger charge is -2.37. The van der Waals surface area contributed by atoms with Crippen LogP contribution in [0.4, 0.5) is 8.78 Å². The van der Waals surface area contributed by atoms with Gasteiger partial charge < -0.3 is 16.2 Å². The molecule has 33 heavy (non-hydrogen) atoms. The number of methoxy groups -OCH3 is 1. The first-order valence-electron chi connectivity index (χ1n) is 10.1. The van der Waals surface area contributed by atoms with Gasteiger partial charge in [0.15, 0.2) is 0 Å². The molecule has 176 valence electrons. The van der Waals surface area contributed by atoms with Gasteiger partial charge in [0.1, 0.15) is 27.7 Å². The zero-order chi connectivity index (χ0) is 24.2. The summed E-state index contributed by atoms with van der Waals surface area (Å²) in [5.41, 5.74) is 11.7. The minimum Gasteiger partial charge on any atom is -0.372 e. The molecule has 1 heterocycles. The summed E-state index contributed by atoms with van der Waals surface area (Å²) in [4.78, 5) is 12.3. The van der Waals surface area contributed by atoms with Crippen LogP contribution >= 0.6 is 11.8 Å². The fraction of sp³-hybridized carbons (Fsp3) is 0.318. The van der Waals surface area contributed by atoms with Crippen molar-refractivity contribution in [2.45, 2.75) is 24.3 Å². The van der Waals surface area contributed by atoms with Crippen LogP contribution in [0.15, 0.2) is 58.7 Å². The maximum Gasteiger partial charge on any atom is 0.273 e. The topological polar surface area (TPSA) is 110 Å². The van der Waals surface area contributed by atoms with E-state index in [9.17, 15) is 13.6 Å². The lowest BCUT2D eigenvalue weighted by Crippen LogP contribution is -2.47. The maximum atomic E-state index is 14.6. The smallest absolute Gasteiger partial charge is 0.273 e. The Morgan fingerprint density at radius 2 is 1.97 bits per heavy atom. The molecule has 0 radical (unpaired) electrons. The SMILES string of the molecule is COC(C)C(=O)N1N=C(c2cc(F)ccc2F)SC1(CCN(C)N=C(N)N)c1ccccc1. The molecule has 2 atom stereocenters. The number of hydrogen-bond donors (Lipinski definition) is 2. The van der Waals surface area contributed by atoms with Crippen LogP contribution < -0.4 is 11.5 Å². The molecule has 0 bridgehead atoms. The molecule has 0 spiro atoms. The number of nitrogens with zero attached hydrogens (tertiary/aromatic N) is 4. The zero-order valence-corrected chi connectivity index (χ0v) is 19.4. The highest BCUT2D eigenvalue weighted by Gasteiger charge is 2.50. The summed E-state index contributed by atoms with van der Waals surface area (Å²) < 4.78 is 33.8. The van der Waals surface area contributed by atoms with Gasteiger partial charge in [0.05, 0.1) is 0 Å². The molecule has 0 aliphatic carbocycles. The van der Waals surface area contributed by atoms with E-state index in [2.05, 4.69) is 10.2 Å². The third-order valence-corrected chi connectivity index (χ3v) is 6.60. The number of amides is 1. The summed E-state index contributed by atoms with van der Waals surface area (Å²) in [5.74, 6) is -1.78. The molecule has 1 aliphatic rings. The van der Waals surface area contributed by atoms with Gasteiger partial charge in [-0.05, 0) is 30.7 Å². The number of benzene rings is 2. The van der Waals surface area contributed by atoms with Crippen molar-refractivity contribution in [1.29, 1.82) is 0 Å². The van der Waals surface area contributed by atoms with Crippen molar-refractivity contribution in [3.8, 4) is 0 Å². The number of carbonyl (C=O) groups is 1. The molecule has 2 unspecified atom stereocenters. The van der Waals surface area contributed by atoms with Crippen LogP contribution in [-0.4, -0.2) is 53.7 Å². The van der Waals surface area contributed by atoms with Crippen molar-refractivity contribution in [1.82, 2.24) is 10.0 Å². The number of ether oxygens (including phenoxy) is 1. The van der Waals surface area contributed by atoms with Gasteiger partial charge in [-0.2, -0.15) is 5.10 Å². The van der Waals surface area contributed by atoms with Gasteiger partial charge in [0.25, 0.3) is 5.91 Å². The highest BCUT2D eigenvalue weighted by Crippen LogP contribution is 2.50. The van der Waals surface area contributed by atoms with Gasteiger partial charge in [-0.15, -0.1) is 5.10 Å². The van der Waals surface area contributed by atoms with Crippen LogP contribution in [-0.2, 0) is 14.4 Å². The zero-order valence-electron chi connectivity index (χ0n) is 18.5. The van der Waals surface area contributed by atoms with Crippen LogP contribution in [0.5, 0.6) is 0 Å². The van der Waals surface area contributed by atoms with Gasteiger partial charge in [-0.1, -0.05) is 42.1 Å². The van der Waals surface area contributed by atoms with Gasteiger partial charge >= 0.3 is 0 Å². The first kappa shape index (κ1) is 24.5. The van der Waals surface area contributed by atoms with Crippen LogP contribution in [0.1, 0.15) is 24.5 Å². The Hall–Kier alpha value is -3.18. The van der Waals surface area contributed by atoms with Crippen molar-refractivity contribution in [3.05, 3.63) is 71.3 Å². The summed E-state index contributed by atoms with van der Waals surface area (Å²) >= 11 is 1.17. The van der Waals surface area contributed by atoms with E-state index in [1.165, 1.54) is 23.9 Å². The highest BCUT2D eigenvalue weighted by atomic mass is 32.2. The maximum absolute atomic E-state index is 14.6. The van der Waals surface area contributed by atoms with Crippen molar-refractivity contribution in [3.63, 3.8) is 0 Å². The Kier molecular flexibility index (Phi) is 7.54. The van der Waals surface area contributed by atoms with E-state index < -0.39 is 28.5 Å². The summed E-state index contributed by atoms with van der Waals surface area (Å²) in [6, 6.07) is 12.4. The third kappa shape index (κ3) is 5.25. The molecular formula is C22H26F2N6O2S. The number of nitrogens with two attached hydrogens (primary N) is 2. The monoisotopic (exact) mass is 476 g/mol. The fourth-order valence-corrected chi connectivity index (χ4v) is 4.78. The second-order valence-electron chi connectivity index (χ2n) is 7.47. The van der Waals surface area contributed by atoms with E-state index in [4.69, 9.17) is 16.2 Å². The molecule has 0 fully saturated rings. The standard InChI is InChI=1S/C22H26F2N6O2S/c1-14(32-3)20(31)30-22(15-7-5-4-6-8-15,11-12-29(2)28-21(25)26)33-19(27-30)17-13-16(23)9-10-18(17)24/h4-10,13-14H,11-12H2,1-3H3,(H4,25,26,28). The van der Waals surface area contributed by atoms with Crippen molar-refractivity contribution < 1.29 is 18.3 Å². The number of rotatable bonds is 8. The molecule has 0 saturated heterocycles. The van der Waals surface area contributed by atoms with Gasteiger partial charge in [0, 0.05) is 32.7 Å². The number of thioether (sulfide) groups is 1. The highest BCUT2D eigenvalue weighted by molar-refractivity contribution is 8.15. The lowest BCUT2D eigenvalue weighted by atomic mass is 10.0. The molecule has 4 N–H and O–H groups in total. The Balaban J connectivity index is 2.13. The predicted molar refractivity (Wildman–Crippen MR) is 125 cm³/mol. The molecule has 0 aromatic heterocycles. The molecule has 1 amide bonds. The quantitative estimate of drug-likeness (QED) is 0.344. The van der Waals surface area contributed by atoms with E-state index in [0.29, 0.717) is 13.0 Å². The lowest BCUT2D eigenvalue weighted by molar-refractivity contribution is -0.144. The summed E-state index contributed by atoms with van der Waals surface area (Å²) in [6.07, 6.45) is -0.495. The molecule has 0 saturated carbocycles. The van der Waals surface area contributed by atoms with Gasteiger partial charge in [0.2, 0.25) is 5.96 Å². The second kappa shape index (κ2) is 10.2. The first-order chi connectivity index (χ1) is 15.7. The number of hydrogen-bond acceptors (Lipinski definition) is 6. The van der Waals surface area contributed by atoms with Crippen LogP contribution in [0.2, 0.25) is 0 Å². The largest absolute Gasteiger partial charge is 0.372 e. The number of guanidine groups is 1. The minimum atomic E-state index is -1.08. The minimum absolute atomic E-state index is 0.0294. The number of carbonyl (C=O) groups excluding carboxylic acids is 1. The average Bonchev–Trinajstić information content (AvgIpc) is 3.19. The summed E-state index contributed by atoms with van der Waals surface area (Å²) in [6.45, 7) is 1.93. The van der Waals surface area contributed by atoms with Gasteiger partial charge in [-0.3, -0.25) is 9.80 Å². The molecular weight excluding hydrogens is 450 g/mol. The van der Waals surface area contributed by atoms with Crippen molar-refractivity contribution >= 4 is 28.7 Å². The predicted octanol–water partition coefficient (Wildman–Crippen LogP) is 2.60. The van der Waals surface area contributed by atoms with E-state index in [-0.39, 0.29) is 16.6 Å². The molecule has 8 nitrogen and oxygen atoms in total. The normalized spacial score (nSPS) is 18.6. The van der Waals surface area contributed by atoms with E-state index in [1.807, 2.05) is 30.3 Å². The Morgan fingerprint density at radius 3 is 2.61 bits per heavy atom. The molecule has 2 aromatic carbocycles. The number of hydrazone groups is 2. The fourth-order valence-electron chi connectivity index (χ4n) is 3.41. The Morgan fingerprint density at radius 1 is 1.27 bits per heavy atom. The number of halogens is 2. The van der Waals surface area contributed by atoms with Crippen LogP contribution in [0.25, 0.3) is 0 Å². The third-order valence-electron chi connectivity index (χ3n) is 5.15. The van der Waals surface area contributed by atoms with E-state index in [0.717, 1.165) is 23.8 Å². The van der Waals surface area contributed by atoms with E-state index >= 15 is 0 Å². The molecule has 3 rings (SSSR count). The molecule has 11 heteroatoms. The van der Waals surface area contributed by atoms with Gasteiger partial charge in [-0.25, -0.2) is 13.8 Å². The second-order valence-corrected chi connectivity index (χ2v) is 8.73. The average molecular weight is 477 g/mol. The van der Waals surface area contributed by atoms with Crippen molar-refractivity contribution in [2.24, 2.45) is 21.7 Å². The Labute approximate surface area is 195 Å². The Bertz CT molecular complexity index is 1060. The van der Waals surface area contributed by atoms with Crippen LogP contribution in [0.3, 0.4) is 0 Å².